The van der Waals surface area contributed by atoms with E-state index in [2.05, 4.69) is 14.9 Å². The van der Waals surface area contributed by atoms with Crippen molar-refractivity contribution in [2.75, 3.05) is 32.7 Å². The van der Waals surface area contributed by atoms with Crippen LogP contribution in [0.5, 0.6) is 5.75 Å². The number of nitrogens with zero attached hydrogens (tertiary/aromatic N) is 4. The van der Waals surface area contributed by atoms with Crippen LogP contribution in [0.4, 0.5) is 27.2 Å². The lowest BCUT2D eigenvalue weighted by molar-refractivity contribution is -0.274. The second-order valence-electron chi connectivity index (χ2n) is 9.53. The molecule has 0 atom stereocenters. The number of likely N-dealkylation sites (tertiary alicyclic amines) is 2. The second-order valence-corrected chi connectivity index (χ2v) is 9.53. The van der Waals surface area contributed by atoms with Crippen LogP contribution in [0.15, 0.2) is 24.4 Å². The molecule has 9 nitrogen and oxygen atoms in total. The summed E-state index contributed by atoms with van der Waals surface area (Å²) in [5.74, 6) is -1.64. The average Bonchev–Trinajstić information content (AvgIpc) is 3.28. The molecular formula is C23H25F4N5O4. The van der Waals surface area contributed by atoms with Crippen LogP contribution in [0, 0.1) is 11.2 Å². The number of hydrogen-bond donors (Lipinski definition) is 1. The number of rotatable bonds is 3. The largest absolute Gasteiger partial charge is 0.573 e. The lowest BCUT2D eigenvalue weighted by Crippen LogP contribution is -2.64. The molecule has 0 unspecified atom stereocenters. The van der Waals surface area contributed by atoms with Crippen LogP contribution in [0.25, 0.3) is 0 Å². The molecule has 0 saturated carbocycles. The minimum absolute atomic E-state index is 0.0167. The fraction of sp³-hybridized carbons (Fsp3) is 0.522. The van der Waals surface area contributed by atoms with Crippen molar-refractivity contribution in [2.24, 2.45) is 5.41 Å². The second kappa shape index (κ2) is 9.17. The summed E-state index contributed by atoms with van der Waals surface area (Å²) in [4.78, 5) is 30.5. The topological polar surface area (TPSA) is 91.0 Å². The summed E-state index contributed by atoms with van der Waals surface area (Å²) in [5.41, 5.74) is 2.04. The summed E-state index contributed by atoms with van der Waals surface area (Å²) >= 11 is 0. The first-order chi connectivity index (χ1) is 17.1. The van der Waals surface area contributed by atoms with E-state index in [0.717, 1.165) is 42.7 Å². The third-order valence-electron chi connectivity index (χ3n) is 7.09. The highest BCUT2D eigenvalue weighted by molar-refractivity contribution is 5.76. The summed E-state index contributed by atoms with van der Waals surface area (Å²) in [7, 11) is 0. The van der Waals surface area contributed by atoms with Gasteiger partial charge in [-0.25, -0.2) is 14.0 Å². The third-order valence-corrected chi connectivity index (χ3v) is 7.09. The Hall–Kier alpha value is -3.51. The van der Waals surface area contributed by atoms with Crippen LogP contribution in [0.1, 0.15) is 29.7 Å². The van der Waals surface area contributed by atoms with Crippen molar-refractivity contribution < 1.29 is 36.6 Å². The predicted molar refractivity (Wildman–Crippen MR) is 116 cm³/mol. The van der Waals surface area contributed by atoms with E-state index in [9.17, 15) is 27.2 Å². The Kier molecular flexibility index (Phi) is 6.17. The smallest absolute Gasteiger partial charge is 0.444 e. The minimum Gasteiger partial charge on any atom is -0.444 e. The quantitative estimate of drug-likeness (QED) is 0.636. The van der Waals surface area contributed by atoms with Gasteiger partial charge in [-0.15, -0.1) is 13.2 Å². The van der Waals surface area contributed by atoms with Crippen molar-refractivity contribution in [1.82, 2.24) is 24.9 Å². The first-order valence-corrected chi connectivity index (χ1v) is 11.6. The minimum atomic E-state index is -4.92. The van der Waals surface area contributed by atoms with E-state index in [1.807, 2.05) is 9.80 Å². The van der Waals surface area contributed by atoms with Crippen LogP contribution in [-0.4, -0.2) is 76.1 Å². The highest BCUT2D eigenvalue weighted by atomic mass is 19.4. The fourth-order valence-electron chi connectivity index (χ4n) is 5.04. The third kappa shape index (κ3) is 5.05. The Balaban J connectivity index is 1.06. The number of piperidine rings is 1. The monoisotopic (exact) mass is 511 g/mol. The Bertz CT molecular complexity index is 1140. The maximum atomic E-state index is 14.1. The zero-order chi connectivity index (χ0) is 25.5. The van der Waals surface area contributed by atoms with Crippen LogP contribution >= 0.6 is 0 Å². The molecule has 3 amide bonds. The van der Waals surface area contributed by atoms with E-state index in [1.165, 1.54) is 4.90 Å². The Labute approximate surface area is 203 Å². The number of hydrogen-bond acceptors (Lipinski definition) is 5. The van der Waals surface area contributed by atoms with Crippen molar-refractivity contribution in [2.45, 2.75) is 38.8 Å². The number of ether oxygens (including phenoxy) is 2. The fourth-order valence-corrected chi connectivity index (χ4v) is 5.04. The van der Waals surface area contributed by atoms with E-state index >= 15 is 0 Å². The van der Waals surface area contributed by atoms with Crippen LogP contribution in [0.2, 0.25) is 0 Å². The van der Waals surface area contributed by atoms with Crippen molar-refractivity contribution in [3.8, 4) is 5.75 Å². The molecular weight excluding hydrogens is 486 g/mol. The van der Waals surface area contributed by atoms with Gasteiger partial charge >= 0.3 is 18.5 Å². The van der Waals surface area contributed by atoms with Crippen molar-refractivity contribution in [3.05, 3.63) is 47.0 Å². The number of benzene rings is 1. The number of urea groups is 1. The zero-order valence-corrected chi connectivity index (χ0v) is 19.3. The molecule has 1 aromatic heterocycles. The Morgan fingerprint density at radius 2 is 1.83 bits per heavy atom. The molecule has 1 aromatic carbocycles. The van der Waals surface area contributed by atoms with Crippen molar-refractivity contribution in [3.63, 3.8) is 0 Å². The molecule has 2 fully saturated rings. The number of carbonyl (C=O) groups excluding carboxylic acids is 2. The molecule has 1 N–H and O–H groups in total. The molecule has 5 rings (SSSR count). The summed E-state index contributed by atoms with van der Waals surface area (Å²) < 4.78 is 59.7. The number of amides is 3. The number of nitrogens with one attached hydrogen (secondary N) is 1. The molecule has 1 spiro atoms. The van der Waals surface area contributed by atoms with Gasteiger partial charge < -0.3 is 24.2 Å². The van der Waals surface area contributed by atoms with E-state index in [1.54, 1.807) is 6.20 Å². The standard InChI is InChI=1S/C23H25F4N5O4/c24-18-9-17(36-23(25,26)27)2-1-15(18)12-35-21(34)30-7-4-22(5-8-30)13-32(14-22)20(33)31-6-3-19-16(11-31)10-28-29-19/h1-2,9-10H,3-8,11-14H2,(H,28,29). The Morgan fingerprint density at radius 1 is 1.08 bits per heavy atom. The van der Waals surface area contributed by atoms with Crippen LogP contribution in [0.3, 0.4) is 0 Å². The van der Waals surface area contributed by atoms with Gasteiger partial charge in [-0.1, -0.05) is 0 Å². The number of aromatic nitrogens is 2. The normalized spacial score (nSPS) is 19.1. The molecule has 0 aliphatic carbocycles. The van der Waals surface area contributed by atoms with Gasteiger partial charge in [-0.05, 0) is 25.0 Å². The Morgan fingerprint density at radius 3 is 2.53 bits per heavy atom. The van der Waals surface area contributed by atoms with Crippen LogP contribution in [-0.2, 0) is 24.3 Å². The van der Waals surface area contributed by atoms with E-state index in [-0.39, 0.29) is 17.0 Å². The summed E-state index contributed by atoms with van der Waals surface area (Å²) in [6.07, 6.45) is -1.59. The highest BCUT2D eigenvalue weighted by Crippen LogP contribution is 2.41. The van der Waals surface area contributed by atoms with Crippen molar-refractivity contribution in [1.29, 1.82) is 0 Å². The van der Waals surface area contributed by atoms with Crippen molar-refractivity contribution >= 4 is 12.1 Å². The molecule has 2 saturated heterocycles. The van der Waals surface area contributed by atoms with E-state index < -0.39 is 30.6 Å². The number of fused-ring (bicyclic) bond motifs is 1. The molecule has 36 heavy (non-hydrogen) atoms. The van der Waals surface area contributed by atoms with Gasteiger partial charge in [0.2, 0.25) is 0 Å². The SMILES string of the molecule is O=C(OCc1ccc(OC(F)(F)F)cc1F)N1CCC2(CC1)CN(C(=O)N1CCc3[nH]ncc3C1)C2. The zero-order valence-electron chi connectivity index (χ0n) is 19.3. The number of halogens is 4. The highest BCUT2D eigenvalue weighted by Gasteiger charge is 2.48. The maximum absolute atomic E-state index is 14.1. The number of H-pyrrole nitrogens is 1. The molecule has 3 aliphatic heterocycles. The molecule has 13 heteroatoms. The van der Waals surface area contributed by atoms with Gasteiger partial charge in [0, 0.05) is 67.4 Å². The number of aromatic amines is 1. The lowest BCUT2D eigenvalue weighted by Gasteiger charge is -2.54. The summed E-state index contributed by atoms with van der Waals surface area (Å²) in [6.45, 7) is 2.97. The molecule has 0 bridgehead atoms. The molecule has 194 valence electrons. The van der Waals surface area contributed by atoms with Gasteiger partial charge in [-0.2, -0.15) is 5.10 Å². The first kappa shape index (κ1) is 24.2. The summed E-state index contributed by atoms with van der Waals surface area (Å²) in [5, 5.41) is 7.00. The van der Waals surface area contributed by atoms with Gasteiger partial charge in [0.05, 0.1) is 12.7 Å². The average molecular weight is 511 g/mol. The van der Waals surface area contributed by atoms with Gasteiger partial charge in [0.1, 0.15) is 18.2 Å². The number of alkyl halides is 3. The van der Waals surface area contributed by atoms with Gasteiger partial charge in [0.25, 0.3) is 0 Å². The maximum Gasteiger partial charge on any atom is 0.573 e. The van der Waals surface area contributed by atoms with E-state index in [0.29, 0.717) is 45.3 Å². The molecule has 3 aliphatic rings. The number of carbonyl (C=O) groups is 2. The molecule has 2 aromatic rings. The predicted octanol–water partition coefficient (Wildman–Crippen LogP) is 3.66. The van der Waals surface area contributed by atoms with Gasteiger partial charge in [0.15, 0.2) is 0 Å². The summed E-state index contributed by atoms with van der Waals surface area (Å²) in [6, 6.07) is 2.67. The van der Waals surface area contributed by atoms with Crippen LogP contribution < -0.4 is 4.74 Å². The van der Waals surface area contributed by atoms with E-state index in [4.69, 9.17) is 4.74 Å². The molecule has 0 radical (unpaired) electrons. The van der Waals surface area contributed by atoms with Gasteiger partial charge in [-0.3, -0.25) is 5.10 Å². The lowest BCUT2D eigenvalue weighted by atomic mass is 9.72. The first-order valence-electron chi connectivity index (χ1n) is 11.6. The molecule has 4 heterocycles.